The number of ether oxygens (including phenoxy) is 1. The molecule has 1 unspecified atom stereocenters. The second-order valence-corrected chi connectivity index (χ2v) is 9.73. The van der Waals surface area contributed by atoms with E-state index in [2.05, 4.69) is 4.98 Å². The summed E-state index contributed by atoms with van der Waals surface area (Å²) in [6.07, 6.45) is 3.23. The number of aliphatic hydroxyl groups excluding tert-OH is 1. The van der Waals surface area contributed by atoms with Crippen LogP contribution in [0.1, 0.15) is 56.0 Å². The monoisotopic (exact) mass is 488 g/mol. The number of carbonyl (C=O) groups excluding carboxylic acids is 2. The highest BCUT2D eigenvalue weighted by Gasteiger charge is 2.46. The summed E-state index contributed by atoms with van der Waals surface area (Å²) in [7, 11) is 0. The molecule has 1 saturated heterocycles. The van der Waals surface area contributed by atoms with E-state index < -0.39 is 23.5 Å². The summed E-state index contributed by atoms with van der Waals surface area (Å²) in [4.78, 5) is 32.0. The third-order valence-corrected chi connectivity index (χ3v) is 6.16. The molecule has 7 heteroatoms. The largest absolute Gasteiger partial charge is 0.507 e. The predicted molar refractivity (Wildman–Crippen MR) is 135 cm³/mol. The summed E-state index contributed by atoms with van der Waals surface area (Å²) in [5.41, 5.74) is 2.15. The molecule has 2 aromatic carbocycles. The first-order chi connectivity index (χ1) is 17.1. The van der Waals surface area contributed by atoms with Gasteiger partial charge in [0.25, 0.3) is 11.7 Å². The number of rotatable bonds is 6. The summed E-state index contributed by atoms with van der Waals surface area (Å²) in [5, 5.41) is 11.4. The molecular formula is C29H29FN2O4. The fourth-order valence-corrected chi connectivity index (χ4v) is 4.42. The Morgan fingerprint density at radius 3 is 2.44 bits per heavy atom. The minimum Gasteiger partial charge on any atom is -0.507 e. The molecule has 0 spiro atoms. The van der Waals surface area contributed by atoms with Crippen LogP contribution >= 0.6 is 0 Å². The van der Waals surface area contributed by atoms with Gasteiger partial charge in [0.2, 0.25) is 0 Å². The zero-order valence-corrected chi connectivity index (χ0v) is 20.8. The van der Waals surface area contributed by atoms with Crippen LogP contribution in [0.5, 0.6) is 5.75 Å². The number of aliphatic hydroxyl groups is 1. The van der Waals surface area contributed by atoms with E-state index in [1.807, 2.05) is 27.7 Å². The molecule has 0 bridgehead atoms. The zero-order chi connectivity index (χ0) is 26.0. The number of likely N-dealkylation sites (tertiary alicyclic amines) is 1. The molecule has 1 N–H and O–H groups in total. The van der Waals surface area contributed by atoms with Crippen molar-refractivity contribution in [2.75, 3.05) is 6.61 Å². The summed E-state index contributed by atoms with van der Waals surface area (Å²) < 4.78 is 19.5. The molecule has 4 rings (SSSR count). The van der Waals surface area contributed by atoms with Crippen molar-refractivity contribution in [3.8, 4) is 5.75 Å². The topological polar surface area (TPSA) is 79.7 Å². The molecule has 36 heavy (non-hydrogen) atoms. The Kier molecular flexibility index (Phi) is 6.93. The van der Waals surface area contributed by atoms with E-state index in [-0.39, 0.29) is 23.3 Å². The number of Topliss-reactive ketones (excluding diaryl/α,β-unsaturated/α-hetero) is 1. The van der Waals surface area contributed by atoms with Crippen LogP contribution in [0.2, 0.25) is 0 Å². The van der Waals surface area contributed by atoms with Gasteiger partial charge >= 0.3 is 0 Å². The van der Waals surface area contributed by atoms with Crippen LogP contribution in [0, 0.1) is 5.82 Å². The van der Waals surface area contributed by atoms with Crippen LogP contribution in [0.3, 0.4) is 0 Å². The number of hydrogen-bond donors (Lipinski definition) is 1. The van der Waals surface area contributed by atoms with Crippen LogP contribution in [-0.4, -0.2) is 33.3 Å². The van der Waals surface area contributed by atoms with E-state index in [1.54, 1.807) is 42.7 Å². The van der Waals surface area contributed by atoms with Crippen molar-refractivity contribution in [1.82, 2.24) is 9.88 Å². The Hall–Kier alpha value is -4.00. The number of amides is 1. The van der Waals surface area contributed by atoms with Crippen molar-refractivity contribution in [3.63, 3.8) is 0 Å². The Bertz CT molecular complexity index is 1310. The van der Waals surface area contributed by atoms with Gasteiger partial charge in [-0.15, -0.1) is 0 Å². The van der Waals surface area contributed by atoms with Gasteiger partial charge in [-0.3, -0.25) is 14.6 Å². The molecule has 1 aromatic heterocycles. The number of benzene rings is 2. The van der Waals surface area contributed by atoms with Crippen molar-refractivity contribution in [2.24, 2.45) is 0 Å². The van der Waals surface area contributed by atoms with Gasteiger partial charge in [0.15, 0.2) is 0 Å². The predicted octanol–water partition coefficient (Wildman–Crippen LogP) is 5.54. The van der Waals surface area contributed by atoms with E-state index >= 15 is 0 Å². The standard InChI is InChI=1S/C29H29FN2O4/c1-5-36-23-13-10-20(15-22(23)29(2,3)4)26(33)24-25(19-8-11-21(30)12-9-19)32(28(35)27(24)34)17-18-7-6-14-31-16-18/h6-16,25,33H,5,17H2,1-4H3/b26-24-. The lowest BCUT2D eigenvalue weighted by molar-refractivity contribution is -0.140. The molecule has 1 atom stereocenters. The van der Waals surface area contributed by atoms with E-state index in [1.165, 1.54) is 29.2 Å². The number of ketones is 1. The molecule has 6 nitrogen and oxygen atoms in total. The van der Waals surface area contributed by atoms with Crippen LogP contribution in [0.4, 0.5) is 4.39 Å². The van der Waals surface area contributed by atoms with Gasteiger partial charge in [-0.2, -0.15) is 0 Å². The summed E-state index contributed by atoms with van der Waals surface area (Å²) in [5.74, 6) is -1.57. The average molecular weight is 489 g/mol. The Labute approximate surface area is 210 Å². The van der Waals surface area contributed by atoms with Gasteiger partial charge in [0.05, 0.1) is 18.2 Å². The third-order valence-electron chi connectivity index (χ3n) is 6.16. The van der Waals surface area contributed by atoms with Gasteiger partial charge in [0.1, 0.15) is 17.3 Å². The average Bonchev–Trinajstić information content (AvgIpc) is 3.09. The van der Waals surface area contributed by atoms with Gasteiger partial charge < -0.3 is 14.7 Å². The maximum atomic E-state index is 13.7. The van der Waals surface area contributed by atoms with Gasteiger partial charge in [-0.05, 0) is 59.9 Å². The zero-order valence-electron chi connectivity index (χ0n) is 20.8. The van der Waals surface area contributed by atoms with Crippen molar-refractivity contribution in [1.29, 1.82) is 0 Å². The smallest absolute Gasteiger partial charge is 0.295 e. The van der Waals surface area contributed by atoms with Crippen LogP contribution < -0.4 is 4.74 Å². The van der Waals surface area contributed by atoms with Crippen molar-refractivity contribution < 1.29 is 23.8 Å². The number of pyridine rings is 1. The summed E-state index contributed by atoms with van der Waals surface area (Å²) in [6, 6.07) is 13.5. The van der Waals surface area contributed by atoms with Crippen LogP contribution in [0.25, 0.3) is 5.76 Å². The molecule has 0 radical (unpaired) electrons. The number of nitrogens with zero attached hydrogens (tertiary/aromatic N) is 2. The molecule has 3 aromatic rings. The highest BCUT2D eigenvalue weighted by Crippen LogP contribution is 2.41. The maximum Gasteiger partial charge on any atom is 0.295 e. The Balaban J connectivity index is 1.88. The number of hydrogen-bond acceptors (Lipinski definition) is 5. The number of aromatic nitrogens is 1. The molecule has 1 aliphatic rings. The number of carbonyl (C=O) groups is 2. The second kappa shape index (κ2) is 9.93. The van der Waals surface area contributed by atoms with Crippen LogP contribution in [0.15, 0.2) is 72.6 Å². The van der Waals surface area contributed by atoms with E-state index in [4.69, 9.17) is 4.74 Å². The van der Waals surface area contributed by atoms with Crippen LogP contribution in [-0.2, 0) is 21.5 Å². The van der Waals surface area contributed by atoms with Gasteiger partial charge in [0, 0.05) is 30.1 Å². The molecule has 1 amide bonds. The molecule has 0 aliphatic carbocycles. The fraction of sp³-hybridized carbons (Fsp3) is 0.276. The third kappa shape index (κ3) is 4.87. The first kappa shape index (κ1) is 25.1. The van der Waals surface area contributed by atoms with Crippen molar-refractivity contribution >= 4 is 17.4 Å². The molecule has 0 saturated carbocycles. The molecule has 186 valence electrons. The minimum atomic E-state index is -0.893. The van der Waals surface area contributed by atoms with E-state index in [9.17, 15) is 19.1 Å². The fourth-order valence-electron chi connectivity index (χ4n) is 4.42. The molecular weight excluding hydrogens is 459 g/mol. The highest BCUT2D eigenvalue weighted by atomic mass is 19.1. The highest BCUT2D eigenvalue weighted by molar-refractivity contribution is 6.46. The normalized spacial score (nSPS) is 17.5. The SMILES string of the molecule is CCOc1ccc(/C(O)=C2/C(=O)C(=O)N(Cc3cccnc3)C2c2ccc(F)cc2)cc1C(C)(C)C. The van der Waals surface area contributed by atoms with E-state index in [0.29, 0.717) is 23.5 Å². The Morgan fingerprint density at radius 1 is 1.11 bits per heavy atom. The van der Waals surface area contributed by atoms with Crippen molar-refractivity contribution in [2.45, 2.75) is 45.7 Å². The summed E-state index contributed by atoms with van der Waals surface area (Å²) in [6.45, 7) is 8.57. The minimum absolute atomic E-state index is 0.0421. The van der Waals surface area contributed by atoms with Gasteiger partial charge in [-0.25, -0.2) is 4.39 Å². The molecule has 1 fully saturated rings. The maximum absolute atomic E-state index is 13.7. The second-order valence-electron chi connectivity index (χ2n) is 9.73. The molecule has 2 heterocycles. The first-order valence-electron chi connectivity index (χ1n) is 11.8. The lowest BCUT2D eigenvalue weighted by Gasteiger charge is -2.26. The first-order valence-corrected chi connectivity index (χ1v) is 11.8. The molecule has 1 aliphatic heterocycles. The van der Waals surface area contributed by atoms with Crippen molar-refractivity contribution in [3.05, 3.63) is 101 Å². The Morgan fingerprint density at radius 2 is 1.83 bits per heavy atom. The van der Waals surface area contributed by atoms with E-state index in [0.717, 1.165) is 11.1 Å². The lowest BCUT2D eigenvalue weighted by Crippen LogP contribution is -2.29. The van der Waals surface area contributed by atoms with Gasteiger partial charge in [-0.1, -0.05) is 39.0 Å². The quantitative estimate of drug-likeness (QED) is 0.280. The lowest BCUT2D eigenvalue weighted by atomic mass is 9.84. The summed E-state index contributed by atoms with van der Waals surface area (Å²) >= 11 is 0. The number of halogens is 1.